The molecule has 2 N–H and O–H groups in total. The van der Waals surface area contributed by atoms with Crippen LogP contribution in [0.3, 0.4) is 0 Å². The summed E-state index contributed by atoms with van der Waals surface area (Å²) in [5.74, 6) is 0. The number of rotatable bonds is 1. The molecule has 1 aromatic rings. The van der Waals surface area contributed by atoms with Crippen LogP contribution in [0.4, 0.5) is 0 Å². The van der Waals surface area contributed by atoms with Gasteiger partial charge in [-0.05, 0) is 32.4 Å². The zero-order valence-electron chi connectivity index (χ0n) is 8.70. The molecule has 0 aliphatic carbocycles. The van der Waals surface area contributed by atoms with Crippen LogP contribution < -0.4 is 5.32 Å². The smallest absolute Gasteiger partial charge is 0.0927 e. The second-order valence-electron chi connectivity index (χ2n) is 4.32. The summed E-state index contributed by atoms with van der Waals surface area (Å²) >= 11 is 0. The Morgan fingerprint density at radius 3 is 3.07 bits per heavy atom. The lowest BCUT2D eigenvalue weighted by atomic mass is 9.90. The molecule has 4 heteroatoms. The Kier molecular flexibility index (Phi) is 2.33. The number of nitrogens with one attached hydrogen (secondary N) is 1. The summed E-state index contributed by atoms with van der Waals surface area (Å²) in [4.78, 5) is 0. The van der Waals surface area contributed by atoms with Gasteiger partial charge in [0, 0.05) is 12.7 Å². The Labute approximate surface area is 83.9 Å². The van der Waals surface area contributed by atoms with E-state index in [2.05, 4.69) is 10.4 Å². The zero-order chi connectivity index (χ0) is 10.2. The summed E-state index contributed by atoms with van der Waals surface area (Å²) in [5.41, 5.74) is 0.482. The number of aliphatic hydroxyl groups is 1. The van der Waals surface area contributed by atoms with Crippen LogP contribution in [-0.4, -0.2) is 33.6 Å². The maximum atomic E-state index is 10.2. The summed E-state index contributed by atoms with van der Waals surface area (Å²) in [6.07, 6.45) is 4.58. The van der Waals surface area contributed by atoms with E-state index < -0.39 is 5.60 Å². The molecule has 2 unspecified atom stereocenters. The Morgan fingerprint density at radius 1 is 1.71 bits per heavy atom. The molecule has 1 aromatic heterocycles. The fourth-order valence-corrected chi connectivity index (χ4v) is 1.95. The second kappa shape index (κ2) is 3.37. The largest absolute Gasteiger partial charge is 0.388 e. The minimum absolute atomic E-state index is 0.0462. The van der Waals surface area contributed by atoms with E-state index in [4.69, 9.17) is 0 Å². The lowest BCUT2D eigenvalue weighted by molar-refractivity contribution is -0.0215. The highest BCUT2D eigenvalue weighted by atomic mass is 16.3. The number of hydrogen-bond acceptors (Lipinski definition) is 3. The molecule has 1 fully saturated rings. The highest BCUT2D eigenvalue weighted by molar-refractivity contribution is 5.03. The van der Waals surface area contributed by atoms with Gasteiger partial charge in [-0.2, -0.15) is 5.10 Å². The third-order valence-corrected chi connectivity index (χ3v) is 2.91. The van der Waals surface area contributed by atoms with Crippen molar-refractivity contribution in [2.75, 3.05) is 13.1 Å². The Balaban J connectivity index is 2.23. The first-order valence-electron chi connectivity index (χ1n) is 5.03. The van der Waals surface area contributed by atoms with E-state index in [1.54, 1.807) is 0 Å². The third-order valence-electron chi connectivity index (χ3n) is 2.91. The minimum Gasteiger partial charge on any atom is -0.388 e. The molecule has 0 bridgehead atoms. The summed E-state index contributed by atoms with van der Waals surface area (Å²) in [6.45, 7) is 5.56. The molecule has 2 atom stereocenters. The SMILES string of the molecule is Cc1cnn(C2CNCCC2(C)O)c1. The summed E-state index contributed by atoms with van der Waals surface area (Å²) in [6, 6.07) is 0.0462. The van der Waals surface area contributed by atoms with Gasteiger partial charge in [-0.3, -0.25) is 4.68 Å². The van der Waals surface area contributed by atoms with Crippen LogP contribution in [0, 0.1) is 6.92 Å². The Hall–Kier alpha value is -0.870. The molecular formula is C10H17N3O. The van der Waals surface area contributed by atoms with Crippen molar-refractivity contribution < 1.29 is 5.11 Å². The Morgan fingerprint density at radius 2 is 2.50 bits per heavy atom. The van der Waals surface area contributed by atoms with Gasteiger partial charge < -0.3 is 10.4 Å². The predicted molar refractivity (Wildman–Crippen MR) is 54.1 cm³/mol. The quantitative estimate of drug-likeness (QED) is 0.685. The first kappa shape index (κ1) is 9.68. The number of piperidine rings is 1. The van der Waals surface area contributed by atoms with Gasteiger partial charge in [-0.1, -0.05) is 0 Å². The monoisotopic (exact) mass is 195 g/mol. The second-order valence-corrected chi connectivity index (χ2v) is 4.32. The normalized spacial score (nSPS) is 33.2. The first-order chi connectivity index (χ1) is 6.59. The van der Waals surface area contributed by atoms with Gasteiger partial charge in [0.05, 0.1) is 17.8 Å². The van der Waals surface area contributed by atoms with Gasteiger partial charge >= 0.3 is 0 Å². The van der Waals surface area contributed by atoms with Crippen molar-refractivity contribution in [1.29, 1.82) is 0 Å². The summed E-state index contributed by atoms with van der Waals surface area (Å²) in [5, 5.41) is 17.7. The molecule has 0 saturated carbocycles. The zero-order valence-corrected chi connectivity index (χ0v) is 8.70. The maximum absolute atomic E-state index is 10.2. The molecule has 0 radical (unpaired) electrons. The molecule has 1 saturated heterocycles. The van der Waals surface area contributed by atoms with Crippen LogP contribution in [0.2, 0.25) is 0 Å². The lowest BCUT2D eigenvalue weighted by Gasteiger charge is -2.37. The van der Waals surface area contributed by atoms with Crippen molar-refractivity contribution in [3.63, 3.8) is 0 Å². The fourth-order valence-electron chi connectivity index (χ4n) is 1.95. The van der Waals surface area contributed by atoms with Crippen molar-refractivity contribution in [1.82, 2.24) is 15.1 Å². The van der Waals surface area contributed by atoms with Gasteiger partial charge in [-0.15, -0.1) is 0 Å². The van der Waals surface area contributed by atoms with E-state index in [9.17, 15) is 5.11 Å². The number of hydrogen-bond donors (Lipinski definition) is 2. The summed E-state index contributed by atoms with van der Waals surface area (Å²) in [7, 11) is 0. The summed E-state index contributed by atoms with van der Waals surface area (Å²) < 4.78 is 1.86. The van der Waals surface area contributed by atoms with Crippen LogP contribution >= 0.6 is 0 Å². The average Bonchev–Trinajstić information content (AvgIpc) is 2.51. The fraction of sp³-hybridized carbons (Fsp3) is 0.700. The van der Waals surface area contributed by atoms with Gasteiger partial charge in [0.2, 0.25) is 0 Å². The van der Waals surface area contributed by atoms with E-state index in [0.29, 0.717) is 0 Å². The number of nitrogens with zero attached hydrogens (tertiary/aromatic N) is 2. The van der Waals surface area contributed by atoms with E-state index >= 15 is 0 Å². The molecule has 0 aromatic carbocycles. The highest BCUT2D eigenvalue weighted by Gasteiger charge is 2.36. The van der Waals surface area contributed by atoms with E-state index in [0.717, 1.165) is 25.1 Å². The van der Waals surface area contributed by atoms with Gasteiger partial charge in [0.15, 0.2) is 0 Å². The van der Waals surface area contributed by atoms with Crippen LogP contribution in [0.25, 0.3) is 0 Å². The molecule has 0 amide bonds. The van der Waals surface area contributed by atoms with Crippen molar-refractivity contribution >= 4 is 0 Å². The van der Waals surface area contributed by atoms with E-state index in [1.165, 1.54) is 0 Å². The van der Waals surface area contributed by atoms with Crippen molar-refractivity contribution in [2.24, 2.45) is 0 Å². The van der Waals surface area contributed by atoms with Crippen LogP contribution in [0.1, 0.15) is 24.9 Å². The standard InChI is InChI=1S/C10H17N3O/c1-8-5-12-13(7-8)9-6-11-4-3-10(9,2)14/h5,7,9,11,14H,3-4,6H2,1-2H3. The molecule has 0 spiro atoms. The van der Waals surface area contributed by atoms with Crippen molar-refractivity contribution in [3.05, 3.63) is 18.0 Å². The predicted octanol–water partition coefficient (Wildman–Crippen LogP) is 0.477. The molecule has 2 heterocycles. The van der Waals surface area contributed by atoms with E-state index in [-0.39, 0.29) is 6.04 Å². The molecule has 14 heavy (non-hydrogen) atoms. The molecule has 78 valence electrons. The first-order valence-corrected chi connectivity index (χ1v) is 5.03. The van der Waals surface area contributed by atoms with Crippen molar-refractivity contribution in [2.45, 2.75) is 31.9 Å². The molecular weight excluding hydrogens is 178 g/mol. The molecule has 1 aliphatic rings. The van der Waals surface area contributed by atoms with Gasteiger partial charge in [0.25, 0.3) is 0 Å². The van der Waals surface area contributed by atoms with Gasteiger partial charge in [-0.25, -0.2) is 0 Å². The molecule has 1 aliphatic heterocycles. The lowest BCUT2D eigenvalue weighted by Crippen LogP contribution is -2.49. The van der Waals surface area contributed by atoms with Gasteiger partial charge in [0.1, 0.15) is 0 Å². The number of aryl methyl sites for hydroxylation is 1. The molecule has 4 nitrogen and oxygen atoms in total. The van der Waals surface area contributed by atoms with Crippen LogP contribution in [-0.2, 0) is 0 Å². The average molecular weight is 195 g/mol. The molecule has 2 rings (SSSR count). The van der Waals surface area contributed by atoms with E-state index in [1.807, 2.05) is 30.9 Å². The van der Waals surface area contributed by atoms with Crippen LogP contribution in [0.15, 0.2) is 12.4 Å². The number of aromatic nitrogens is 2. The third kappa shape index (κ3) is 1.67. The highest BCUT2D eigenvalue weighted by Crippen LogP contribution is 2.27. The maximum Gasteiger partial charge on any atom is 0.0927 e. The minimum atomic E-state index is -0.649. The van der Waals surface area contributed by atoms with Crippen LogP contribution in [0.5, 0.6) is 0 Å². The Bertz CT molecular complexity index is 319. The topological polar surface area (TPSA) is 50.1 Å². The van der Waals surface area contributed by atoms with Crippen molar-refractivity contribution in [3.8, 4) is 0 Å².